The first-order valence-corrected chi connectivity index (χ1v) is 16.2. The second-order valence-electron chi connectivity index (χ2n) is 8.80. The Kier molecular flexibility index (Phi) is 18.8. The maximum Gasteiger partial charge on any atom is 0.483 e. The normalized spacial score (nSPS) is 13.6. The average Bonchev–Trinajstić information content (AvgIpc) is 2.81. The third-order valence-electron chi connectivity index (χ3n) is 5.55. The summed E-state index contributed by atoms with van der Waals surface area (Å²) in [6.07, 6.45) is 18.3. The van der Waals surface area contributed by atoms with Crippen LogP contribution in [0, 0.1) is 0 Å². The number of hydrogen-bond donors (Lipinski definition) is 2. The third-order valence-corrected chi connectivity index (χ3v) is 8.20. The largest absolute Gasteiger partial charge is 0.491 e. The number of hydrogen-bond acceptors (Lipinski definition) is 6. The Balaban J connectivity index is 2.07. The molecule has 0 saturated heterocycles. The maximum absolute atomic E-state index is 12.6. The number of rotatable bonds is 24. The van der Waals surface area contributed by atoms with Gasteiger partial charge in [0.25, 0.3) is 0 Å². The summed E-state index contributed by atoms with van der Waals surface area (Å²) in [7, 11) is -9.43. The highest BCUT2D eigenvalue weighted by molar-refractivity contribution is 7.61. The molecule has 1 rings (SSSR count). The van der Waals surface area contributed by atoms with Crippen LogP contribution in [0.4, 0.5) is 0 Å². The maximum atomic E-state index is 12.6. The molecule has 0 aromatic heterocycles. The van der Waals surface area contributed by atoms with Gasteiger partial charge in [0.1, 0.15) is 12.4 Å². The summed E-state index contributed by atoms with van der Waals surface area (Å²) in [5.74, 6) is 0.598. The third kappa shape index (κ3) is 20.1. The Morgan fingerprint density at radius 2 is 1.09 bits per heavy atom. The molecule has 10 heteroatoms. The van der Waals surface area contributed by atoms with E-state index in [1.54, 1.807) is 24.3 Å². The Labute approximate surface area is 212 Å². The fraction of sp³-hybridized carbons (Fsp3) is 0.760. The van der Waals surface area contributed by atoms with Crippen LogP contribution in [0.1, 0.15) is 103 Å². The van der Waals surface area contributed by atoms with Gasteiger partial charge in [0, 0.05) is 0 Å². The number of para-hydroxylation sites is 1. The topological polar surface area (TPSA) is 112 Å². The zero-order chi connectivity index (χ0) is 25.7. The van der Waals surface area contributed by atoms with Crippen LogP contribution in [0.2, 0.25) is 0 Å². The molecule has 35 heavy (non-hydrogen) atoms. The number of benzene rings is 1. The van der Waals surface area contributed by atoms with E-state index in [1.807, 2.05) is 6.07 Å². The lowest BCUT2D eigenvalue weighted by Crippen LogP contribution is -2.08. The molecule has 8 nitrogen and oxygen atoms in total. The molecule has 0 aliphatic heterocycles. The van der Waals surface area contributed by atoms with Crippen molar-refractivity contribution in [2.45, 2.75) is 103 Å². The molecule has 0 bridgehead atoms. The zero-order valence-electron chi connectivity index (χ0n) is 21.4. The predicted molar refractivity (Wildman–Crippen MR) is 140 cm³/mol. The summed E-state index contributed by atoms with van der Waals surface area (Å²) in [5.41, 5.74) is 0. The molecule has 0 fully saturated rings. The van der Waals surface area contributed by atoms with Crippen molar-refractivity contribution in [1.29, 1.82) is 0 Å². The van der Waals surface area contributed by atoms with E-state index >= 15 is 0 Å². The molecule has 1 unspecified atom stereocenters. The van der Waals surface area contributed by atoms with Crippen LogP contribution in [-0.2, 0) is 22.5 Å². The molecule has 2 N–H and O–H groups in total. The van der Waals surface area contributed by atoms with Gasteiger partial charge >= 0.3 is 15.6 Å². The van der Waals surface area contributed by atoms with Gasteiger partial charge in [0.2, 0.25) is 0 Å². The summed E-state index contributed by atoms with van der Waals surface area (Å²) in [6, 6.07) is 8.95. The van der Waals surface area contributed by atoms with Crippen molar-refractivity contribution in [1.82, 2.24) is 0 Å². The molecule has 0 radical (unpaired) electrons. The molecule has 0 amide bonds. The van der Waals surface area contributed by atoms with E-state index < -0.39 is 15.6 Å². The summed E-state index contributed by atoms with van der Waals surface area (Å²) >= 11 is 0. The minimum Gasteiger partial charge on any atom is -0.491 e. The second-order valence-corrected chi connectivity index (χ2v) is 11.8. The first kappa shape index (κ1) is 32.3. The number of unbranched alkanes of at least 4 members (excludes halogenated alkanes) is 14. The monoisotopic (exact) mass is 536 g/mol. The van der Waals surface area contributed by atoms with Gasteiger partial charge in [-0.15, -0.1) is 0 Å². The van der Waals surface area contributed by atoms with Crippen molar-refractivity contribution in [2.24, 2.45) is 0 Å². The van der Waals surface area contributed by atoms with E-state index in [2.05, 4.69) is 11.2 Å². The van der Waals surface area contributed by atoms with Crippen LogP contribution in [0.5, 0.6) is 5.75 Å². The fourth-order valence-corrected chi connectivity index (χ4v) is 5.83. The molecule has 0 heterocycles. The van der Waals surface area contributed by atoms with Gasteiger partial charge in [-0.05, 0) is 18.6 Å². The van der Waals surface area contributed by atoms with Crippen LogP contribution in [-0.4, -0.2) is 29.6 Å². The van der Waals surface area contributed by atoms with Gasteiger partial charge in [-0.1, -0.05) is 115 Å². The standard InChI is InChI=1S/C25H46O8P2/c1-2-3-4-5-6-7-8-9-10-11-12-13-14-15-19-22-31-35(29,33-34(26,27)28)32-24-23-30-25-20-17-16-18-21-25/h16-18,20-21H,2-15,19,22-24H2,1H3,(H2,26,27,28). The Morgan fingerprint density at radius 1 is 0.629 bits per heavy atom. The Morgan fingerprint density at radius 3 is 1.57 bits per heavy atom. The summed E-state index contributed by atoms with van der Waals surface area (Å²) in [4.78, 5) is 18.1. The smallest absolute Gasteiger partial charge is 0.483 e. The molecule has 0 aliphatic rings. The molecule has 1 aromatic rings. The Bertz CT molecular complexity index is 711. The summed E-state index contributed by atoms with van der Waals surface area (Å²) in [5, 5.41) is 0. The van der Waals surface area contributed by atoms with Crippen molar-refractivity contribution in [3.05, 3.63) is 30.3 Å². The predicted octanol–water partition coefficient (Wildman–Crippen LogP) is 8.19. The fourth-order valence-electron chi connectivity index (χ4n) is 3.69. The molecule has 204 valence electrons. The molecule has 0 saturated carbocycles. The molecular weight excluding hydrogens is 490 g/mol. The van der Waals surface area contributed by atoms with E-state index in [9.17, 15) is 9.13 Å². The zero-order valence-corrected chi connectivity index (χ0v) is 23.1. The minimum atomic E-state index is -5.04. The van der Waals surface area contributed by atoms with E-state index in [0.29, 0.717) is 12.2 Å². The quantitative estimate of drug-likeness (QED) is 0.100. The van der Waals surface area contributed by atoms with E-state index in [-0.39, 0.29) is 19.8 Å². The molecular formula is C25H46O8P2. The lowest BCUT2D eigenvalue weighted by atomic mass is 10.0. The van der Waals surface area contributed by atoms with Crippen molar-refractivity contribution >= 4 is 15.6 Å². The number of phosphoric acid groups is 2. The molecule has 1 aromatic carbocycles. The average molecular weight is 537 g/mol. The van der Waals surface area contributed by atoms with Crippen LogP contribution < -0.4 is 4.74 Å². The lowest BCUT2D eigenvalue weighted by molar-refractivity contribution is 0.121. The van der Waals surface area contributed by atoms with Gasteiger partial charge in [0.05, 0.1) is 13.2 Å². The lowest BCUT2D eigenvalue weighted by Gasteiger charge is -2.18. The van der Waals surface area contributed by atoms with Crippen molar-refractivity contribution < 1.29 is 37.0 Å². The number of ether oxygens (including phenoxy) is 1. The minimum absolute atomic E-state index is 0.0286. The van der Waals surface area contributed by atoms with Crippen LogP contribution in [0.15, 0.2) is 30.3 Å². The second kappa shape index (κ2) is 20.4. The van der Waals surface area contributed by atoms with Gasteiger partial charge in [-0.25, -0.2) is 9.13 Å². The summed E-state index contributed by atoms with van der Waals surface area (Å²) < 4.78 is 43.7. The molecule has 0 spiro atoms. The van der Waals surface area contributed by atoms with E-state index in [0.717, 1.165) is 19.3 Å². The van der Waals surface area contributed by atoms with E-state index in [4.69, 9.17) is 23.6 Å². The van der Waals surface area contributed by atoms with Gasteiger partial charge in [0.15, 0.2) is 0 Å². The van der Waals surface area contributed by atoms with Crippen LogP contribution >= 0.6 is 15.6 Å². The highest BCUT2D eigenvalue weighted by Crippen LogP contribution is 2.61. The SMILES string of the molecule is CCCCCCCCCCCCCCCCCOP(=O)(OCCOc1ccccc1)OP(=O)(O)O. The molecule has 1 atom stereocenters. The van der Waals surface area contributed by atoms with Gasteiger partial charge in [-0.3, -0.25) is 9.05 Å². The van der Waals surface area contributed by atoms with Crippen LogP contribution in [0.3, 0.4) is 0 Å². The first-order valence-electron chi connectivity index (χ1n) is 13.2. The summed E-state index contributed by atoms with van der Waals surface area (Å²) in [6.45, 7) is 2.11. The highest BCUT2D eigenvalue weighted by atomic mass is 31.3. The Hall–Kier alpha value is -0.720. The first-order chi connectivity index (χ1) is 16.8. The molecule has 0 aliphatic carbocycles. The highest BCUT2D eigenvalue weighted by Gasteiger charge is 2.35. The van der Waals surface area contributed by atoms with E-state index in [1.165, 1.54) is 70.6 Å². The van der Waals surface area contributed by atoms with Gasteiger partial charge in [-0.2, -0.15) is 4.31 Å². The van der Waals surface area contributed by atoms with Crippen molar-refractivity contribution in [3.8, 4) is 5.75 Å². The van der Waals surface area contributed by atoms with Crippen molar-refractivity contribution in [2.75, 3.05) is 19.8 Å². The van der Waals surface area contributed by atoms with Crippen LogP contribution in [0.25, 0.3) is 0 Å². The number of phosphoric ester groups is 1. The van der Waals surface area contributed by atoms with Gasteiger partial charge < -0.3 is 14.5 Å². The van der Waals surface area contributed by atoms with Crippen molar-refractivity contribution in [3.63, 3.8) is 0 Å².